The number of para-hydroxylation sites is 1. The smallest absolute Gasteiger partial charge is 0.359 e. The van der Waals surface area contributed by atoms with Crippen molar-refractivity contribution >= 4 is 29.4 Å². The minimum atomic E-state index is -1.46. The zero-order valence-electron chi connectivity index (χ0n) is 21.5. The summed E-state index contributed by atoms with van der Waals surface area (Å²) in [7, 11) is 2.73. The van der Waals surface area contributed by atoms with E-state index < -0.39 is 29.3 Å². The molecule has 1 aromatic heterocycles. The Morgan fingerprint density at radius 2 is 1.84 bits per heavy atom. The van der Waals surface area contributed by atoms with Gasteiger partial charge in [-0.1, -0.05) is 24.3 Å². The molecule has 198 valence electrons. The van der Waals surface area contributed by atoms with Gasteiger partial charge in [0.25, 0.3) is 5.91 Å². The van der Waals surface area contributed by atoms with Crippen molar-refractivity contribution in [1.29, 1.82) is 0 Å². The number of methoxy groups -OCH3 is 2. The van der Waals surface area contributed by atoms with Gasteiger partial charge in [0.1, 0.15) is 17.0 Å². The number of anilines is 1. The highest BCUT2D eigenvalue weighted by atomic mass is 16.5. The maximum atomic E-state index is 14.0. The van der Waals surface area contributed by atoms with Crippen molar-refractivity contribution in [1.82, 2.24) is 14.9 Å². The molecule has 2 amide bonds. The van der Waals surface area contributed by atoms with Gasteiger partial charge in [-0.25, -0.2) is 14.6 Å². The fourth-order valence-corrected chi connectivity index (χ4v) is 4.48. The van der Waals surface area contributed by atoms with Crippen LogP contribution in [0.1, 0.15) is 50.7 Å². The topological polar surface area (TPSA) is 129 Å². The van der Waals surface area contributed by atoms with Crippen molar-refractivity contribution in [3.63, 3.8) is 0 Å². The summed E-state index contributed by atoms with van der Waals surface area (Å²) in [5, 5.41) is 2.90. The monoisotopic (exact) mass is 520 g/mol. The average Bonchev–Trinajstić information content (AvgIpc) is 3.35. The Hall–Kier alpha value is -4.67. The lowest BCUT2D eigenvalue weighted by molar-refractivity contribution is -0.126. The highest BCUT2D eigenvalue weighted by Gasteiger charge is 2.50. The van der Waals surface area contributed by atoms with Crippen LogP contribution in [0, 0.1) is 0 Å². The molecule has 38 heavy (non-hydrogen) atoms. The van der Waals surface area contributed by atoms with E-state index in [1.165, 1.54) is 29.0 Å². The number of aromatic nitrogens is 2. The third kappa shape index (κ3) is 4.70. The molecule has 0 fully saturated rings. The van der Waals surface area contributed by atoms with Crippen LogP contribution in [0.2, 0.25) is 0 Å². The van der Waals surface area contributed by atoms with Crippen LogP contribution in [0.3, 0.4) is 0 Å². The first-order valence-electron chi connectivity index (χ1n) is 11.9. The summed E-state index contributed by atoms with van der Waals surface area (Å²) in [6.07, 6.45) is 1.33. The predicted octanol–water partition coefficient (Wildman–Crippen LogP) is 2.59. The summed E-state index contributed by atoms with van der Waals surface area (Å²) in [6, 6.07) is 13.5. The summed E-state index contributed by atoms with van der Waals surface area (Å²) in [5.74, 6) is -1.85. The van der Waals surface area contributed by atoms with E-state index in [0.29, 0.717) is 5.75 Å². The van der Waals surface area contributed by atoms with E-state index in [1.54, 1.807) is 45.2 Å². The van der Waals surface area contributed by atoms with Crippen LogP contribution in [0.15, 0.2) is 54.9 Å². The van der Waals surface area contributed by atoms with Crippen molar-refractivity contribution < 1.29 is 33.4 Å². The van der Waals surface area contributed by atoms with Crippen molar-refractivity contribution in [2.24, 2.45) is 0 Å². The molecular formula is C27H28N4O7. The molecular weight excluding hydrogens is 492 g/mol. The SMILES string of the molecule is CCOC(=O)c1cccc(N2C(=O)c3c(C(=O)OC)ncn3CC2(C)C(=O)NCc2ccccc2OC)c1. The highest BCUT2D eigenvalue weighted by Crippen LogP contribution is 2.34. The molecule has 0 saturated heterocycles. The second kappa shape index (κ2) is 10.8. The first-order chi connectivity index (χ1) is 18.2. The fraction of sp³-hybridized carbons (Fsp3) is 0.296. The van der Waals surface area contributed by atoms with Gasteiger partial charge in [0, 0.05) is 17.8 Å². The standard InChI is InChI=1S/C27H28N4O7/c1-5-38-24(33)17-10-8-11-19(13-17)31-23(32)22-21(25(34)37-4)29-16-30(22)15-27(31,2)26(35)28-14-18-9-6-7-12-20(18)36-3/h6-13,16H,5,14-15H2,1-4H3,(H,28,35). The number of carbonyl (C=O) groups excluding carboxylic acids is 4. The number of benzene rings is 2. The summed E-state index contributed by atoms with van der Waals surface area (Å²) in [6.45, 7) is 3.61. The van der Waals surface area contributed by atoms with E-state index in [4.69, 9.17) is 14.2 Å². The number of nitrogens with zero attached hydrogens (tertiary/aromatic N) is 3. The lowest BCUT2D eigenvalue weighted by Gasteiger charge is -2.43. The fourth-order valence-electron chi connectivity index (χ4n) is 4.48. The first kappa shape index (κ1) is 26.4. The van der Waals surface area contributed by atoms with Crippen LogP contribution in [0.5, 0.6) is 5.75 Å². The van der Waals surface area contributed by atoms with Crippen molar-refractivity contribution in [2.75, 3.05) is 25.7 Å². The molecule has 3 aromatic rings. The molecule has 2 heterocycles. The van der Waals surface area contributed by atoms with Gasteiger partial charge in [0.15, 0.2) is 5.69 Å². The van der Waals surface area contributed by atoms with Crippen LogP contribution in [0.25, 0.3) is 0 Å². The molecule has 1 N–H and O–H groups in total. The van der Waals surface area contributed by atoms with Crippen LogP contribution >= 0.6 is 0 Å². The number of amides is 2. The molecule has 4 rings (SSSR count). The lowest BCUT2D eigenvalue weighted by Crippen LogP contribution is -2.64. The quantitative estimate of drug-likeness (QED) is 0.449. The molecule has 0 bridgehead atoms. The molecule has 2 aromatic carbocycles. The van der Waals surface area contributed by atoms with Crippen molar-refractivity contribution in [2.45, 2.75) is 32.5 Å². The van der Waals surface area contributed by atoms with E-state index in [9.17, 15) is 19.2 Å². The summed E-state index contributed by atoms with van der Waals surface area (Å²) < 4.78 is 16.7. The third-order valence-electron chi connectivity index (χ3n) is 6.33. The van der Waals surface area contributed by atoms with Crippen molar-refractivity contribution in [3.8, 4) is 5.75 Å². The minimum Gasteiger partial charge on any atom is -0.496 e. The minimum absolute atomic E-state index is 0.0144. The van der Waals surface area contributed by atoms with Gasteiger partial charge in [0.2, 0.25) is 5.91 Å². The Kier molecular flexibility index (Phi) is 7.47. The van der Waals surface area contributed by atoms with Crippen molar-refractivity contribution in [3.05, 3.63) is 77.4 Å². The molecule has 1 aliphatic heterocycles. The van der Waals surface area contributed by atoms with Gasteiger partial charge < -0.3 is 24.1 Å². The highest BCUT2D eigenvalue weighted by molar-refractivity contribution is 6.15. The summed E-state index contributed by atoms with van der Waals surface area (Å²) in [5.41, 5.74) is -0.414. The van der Waals surface area contributed by atoms with E-state index in [2.05, 4.69) is 10.3 Å². The van der Waals surface area contributed by atoms with Crippen LogP contribution in [-0.4, -0.2) is 59.7 Å². The first-order valence-corrected chi connectivity index (χ1v) is 11.9. The Morgan fingerprint density at radius 3 is 2.55 bits per heavy atom. The maximum absolute atomic E-state index is 14.0. The number of fused-ring (bicyclic) bond motifs is 1. The average molecular weight is 521 g/mol. The van der Waals surface area contributed by atoms with E-state index >= 15 is 0 Å². The number of esters is 2. The number of ether oxygens (including phenoxy) is 3. The Bertz CT molecular complexity index is 1400. The molecule has 0 spiro atoms. The van der Waals surface area contributed by atoms with E-state index in [-0.39, 0.29) is 42.3 Å². The van der Waals surface area contributed by atoms with Gasteiger partial charge in [-0.15, -0.1) is 0 Å². The Morgan fingerprint density at radius 1 is 1.08 bits per heavy atom. The number of imidazole rings is 1. The van der Waals surface area contributed by atoms with E-state index in [1.807, 2.05) is 18.2 Å². The molecule has 0 aliphatic carbocycles. The number of hydrogen-bond donors (Lipinski definition) is 1. The lowest BCUT2D eigenvalue weighted by atomic mass is 9.93. The third-order valence-corrected chi connectivity index (χ3v) is 6.33. The summed E-state index contributed by atoms with van der Waals surface area (Å²) >= 11 is 0. The number of rotatable bonds is 8. The largest absolute Gasteiger partial charge is 0.496 e. The van der Waals surface area contributed by atoms with Gasteiger partial charge in [-0.05, 0) is 38.1 Å². The molecule has 0 saturated carbocycles. The Balaban J connectivity index is 1.77. The second-order valence-electron chi connectivity index (χ2n) is 8.74. The van der Waals surface area contributed by atoms with Gasteiger partial charge in [-0.3, -0.25) is 14.5 Å². The maximum Gasteiger partial charge on any atom is 0.359 e. The molecule has 1 unspecified atom stereocenters. The van der Waals surface area contributed by atoms with Crippen LogP contribution < -0.4 is 15.0 Å². The zero-order valence-corrected chi connectivity index (χ0v) is 21.5. The van der Waals surface area contributed by atoms with Gasteiger partial charge in [0.05, 0.1) is 39.3 Å². The van der Waals surface area contributed by atoms with Crippen LogP contribution in [0.4, 0.5) is 5.69 Å². The molecule has 1 aliphatic rings. The van der Waals surface area contributed by atoms with Gasteiger partial charge >= 0.3 is 11.9 Å². The van der Waals surface area contributed by atoms with Crippen LogP contribution in [-0.2, 0) is 27.4 Å². The second-order valence-corrected chi connectivity index (χ2v) is 8.74. The number of nitrogens with one attached hydrogen (secondary N) is 1. The molecule has 11 nitrogen and oxygen atoms in total. The predicted molar refractivity (Wildman–Crippen MR) is 136 cm³/mol. The summed E-state index contributed by atoms with van der Waals surface area (Å²) in [4.78, 5) is 57.9. The molecule has 0 radical (unpaired) electrons. The van der Waals surface area contributed by atoms with Gasteiger partial charge in [-0.2, -0.15) is 0 Å². The molecule has 11 heteroatoms. The Labute approximate surface area is 219 Å². The van der Waals surface area contributed by atoms with E-state index in [0.717, 1.165) is 5.56 Å². The normalized spacial score (nSPS) is 16.4. The number of hydrogen-bond acceptors (Lipinski definition) is 8. The molecule has 1 atom stereocenters. The number of carbonyl (C=O) groups is 4. The zero-order chi connectivity index (χ0) is 27.4.